The van der Waals surface area contributed by atoms with Gasteiger partial charge in [-0.25, -0.2) is 5.43 Å². The summed E-state index contributed by atoms with van der Waals surface area (Å²) in [6.45, 7) is 2.84. The average molecular weight is 430 g/mol. The van der Waals surface area contributed by atoms with Crippen molar-refractivity contribution >= 4 is 39.6 Å². The summed E-state index contributed by atoms with van der Waals surface area (Å²) in [6, 6.07) is 14.9. The van der Waals surface area contributed by atoms with Crippen LogP contribution < -0.4 is 15.1 Å². The molecule has 1 unspecified atom stereocenters. The van der Waals surface area contributed by atoms with Crippen molar-refractivity contribution in [1.29, 1.82) is 0 Å². The first kappa shape index (κ1) is 19.1. The van der Waals surface area contributed by atoms with Gasteiger partial charge in [0.2, 0.25) is 11.8 Å². The van der Waals surface area contributed by atoms with Crippen LogP contribution in [0.2, 0.25) is 0 Å². The molecule has 6 nitrogen and oxygen atoms in total. The third-order valence-corrected chi connectivity index (χ3v) is 4.69. The van der Waals surface area contributed by atoms with Gasteiger partial charge in [-0.05, 0) is 48.9 Å². The van der Waals surface area contributed by atoms with Crippen LogP contribution in [0.5, 0.6) is 5.75 Å². The van der Waals surface area contributed by atoms with E-state index in [1.807, 2.05) is 55.5 Å². The van der Waals surface area contributed by atoms with Crippen molar-refractivity contribution in [2.75, 3.05) is 18.1 Å². The quantitative estimate of drug-likeness (QED) is 0.565. The topological polar surface area (TPSA) is 71.0 Å². The van der Waals surface area contributed by atoms with Gasteiger partial charge in [-0.2, -0.15) is 5.10 Å². The maximum absolute atomic E-state index is 12.3. The first-order valence-electron chi connectivity index (χ1n) is 8.68. The minimum absolute atomic E-state index is 0.0738. The fourth-order valence-electron chi connectivity index (χ4n) is 2.87. The lowest BCUT2D eigenvalue weighted by Crippen LogP contribution is -2.30. The molecule has 140 valence electrons. The van der Waals surface area contributed by atoms with E-state index in [0.29, 0.717) is 13.2 Å². The lowest BCUT2D eigenvalue weighted by Gasteiger charge is -2.17. The first-order chi connectivity index (χ1) is 13.1. The molecule has 1 N–H and O–H groups in total. The van der Waals surface area contributed by atoms with Gasteiger partial charge in [-0.1, -0.05) is 28.1 Å². The number of nitrogens with one attached hydrogen (secondary N) is 1. The van der Waals surface area contributed by atoms with Crippen LogP contribution in [0, 0.1) is 5.92 Å². The van der Waals surface area contributed by atoms with Crippen LogP contribution in [0.1, 0.15) is 18.9 Å². The minimum atomic E-state index is -0.427. The predicted octanol–water partition coefficient (Wildman–Crippen LogP) is 3.35. The molecular weight excluding hydrogens is 410 g/mol. The lowest BCUT2D eigenvalue weighted by molar-refractivity contribution is -0.126. The van der Waals surface area contributed by atoms with E-state index in [1.54, 1.807) is 11.1 Å². The summed E-state index contributed by atoms with van der Waals surface area (Å²) in [5, 5.41) is 3.99. The predicted molar refractivity (Wildman–Crippen MR) is 108 cm³/mol. The average Bonchev–Trinajstić information content (AvgIpc) is 3.04. The summed E-state index contributed by atoms with van der Waals surface area (Å²) in [5.41, 5.74) is 4.15. The highest BCUT2D eigenvalue weighted by Gasteiger charge is 2.35. The van der Waals surface area contributed by atoms with Crippen LogP contribution in [0.25, 0.3) is 0 Å². The van der Waals surface area contributed by atoms with E-state index in [1.165, 1.54) is 0 Å². The van der Waals surface area contributed by atoms with Gasteiger partial charge in [0.1, 0.15) is 5.75 Å². The Morgan fingerprint density at radius 2 is 2.11 bits per heavy atom. The van der Waals surface area contributed by atoms with Gasteiger partial charge in [0.25, 0.3) is 0 Å². The molecule has 0 radical (unpaired) electrons. The largest absolute Gasteiger partial charge is 0.494 e. The second-order valence-corrected chi connectivity index (χ2v) is 7.04. The number of hydrogen-bond acceptors (Lipinski definition) is 4. The highest BCUT2D eigenvalue weighted by molar-refractivity contribution is 9.10. The number of ether oxygens (including phenoxy) is 1. The molecule has 1 aliphatic rings. The van der Waals surface area contributed by atoms with Crippen molar-refractivity contribution in [3.05, 3.63) is 58.6 Å². The molecule has 1 aliphatic heterocycles. The van der Waals surface area contributed by atoms with E-state index in [0.717, 1.165) is 21.5 Å². The second kappa shape index (κ2) is 8.81. The molecule has 0 spiro atoms. The van der Waals surface area contributed by atoms with Crippen LogP contribution in [0.4, 0.5) is 5.69 Å². The Kier molecular flexibility index (Phi) is 6.24. The lowest BCUT2D eigenvalue weighted by atomic mass is 10.1. The Labute approximate surface area is 166 Å². The van der Waals surface area contributed by atoms with Crippen molar-refractivity contribution < 1.29 is 14.3 Å². The highest BCUT2D eigenvalue weighted by atomic mass is 79.9. The molecule has 0 aliphatic carbocycles. The monoisotopic (exact) mass is 429 g/mol. The number of anilines is 1. The third kappa shape index (κ3) is 4.95. The molecule has 2 aromatic carbocycles. The van der Waals surface area contributed by atoms with E-state index in [4.69, 9.17) is 4.74 Å². The molecule has 27 heavy (non-hydrogen) atoms. The van der Waals surface area contributed by atoms with E-state index >= 15 is 0 Å². The Morgan fingerprint density at radius 3 is 2.81 bits per heavy atom. The maximum Gasteiger partial charge on any atom is 0.245 e. The number of benzene rings is 2. The summed E-state index contributed by atoms with van der Waals surface area (Å²) in [4.78, 5) is 26.3. The minimum Gasteiger partial charge on any atom is -0.494 e. The number of carbonyl (C=O) groups is 2. The van der Waals surface area contributed by atoms with Crippen LogP contribution in [0.15, 0.2) is 58.1 Å². The van der Waals surface area contributed by atoms with Gasteiger partial charge in [0.05, 0.1) is 18.7 Å². The summed E-state index contributed by atoms with van der Waals surface area (Å²) >= 11 is 3.39. The maximum atomic E-state index is 12.3. The molecule has 0 saturated carbocycles. The molecule has 3 rings (SSSR count). The third-order valence-electron chi connectivity index (χ3n) is 4.19. The zero-order valence-corrected chi connectivity index (χ0v) is 16.5. The molecule has 7 heteroatoms. The standard InChI is InChI=1S/C20H20BrN3O3/c1-2-27-18-8-6-17(7-9-18)24-13-15(11-19(24)25)20(26)23-22-12-14-4-3-5-16(21)10-14/h3-10,12,15H,2,11,13H2,1H3,(H,23,26). The first-order valence-corrected chi connectivity index (χ1v) is 9.48. The van der Waals surface area contributed by atoms with Crippen molar-refractivity contribution in [2.24, 2.45) is 11.0 Å². The second-order valence-electron chi connectivity index (χ2n) is 6.12. The normalized spacial score (nSPS) is 16.7. The highest BCUT2D eigenvalue weighted by Crippen LogP contribution is 2.27. The number of hydrogen-bond donors (Lipinski definition) is 1. The van der Waals surface area contributed by atoms with Gasteiger partial charge in [-0.3, -0.25) is 9.59 Å². The molecule has 1 fully saturated rings. The smallest absolute Gasteiger partial charge is 0.245 e. The SMILES string of the molecule is CCOc1ccc(N2CC(C(=O)NN=Cc3cccc(Br)c3)CC2=O)cc1. The summed E-state index contributed by atoms with van der Waals surface area (Å²) < 4.78 is 6.35. The van der Waals surface area contributed by atoms with Crippen molar-refractivity contribution in [3.63, 3.8) is 0 Å². The van der Waals surface area contributed by atoms with Gasteiger partial charge >= 0.3 is 0 Å². The van der Waals surface area contributed by atoms with Gasteiger partial charge in [0.15, 0.2) is 0 Å². The fourth-order valence-corrected chi connectivity index (χ4v) is 3.29. The number of amides is 2. The Bertz CT molecular complexity index is 852. The molecule has 0 bridgehead atoms. The van der Waals surface area contributed by atoms with E-state index in [9.17, 15) is 9.59 Å². The fraction of sp³-hybridized carbons (Fsp3) is 0.250. The van der Waals surface area contributed by atoms with Crippen molar-refractivity contribution in [3.8, 4) is 5.75 Å². The van der Waals surface area contributed by atoms with Gasteiger partial charge in [0, 0.05) is 23.1 Å². The number of hydrazone groups is 1. The summed E-state index contributed by atoms with van der Waals surface area (Å²) in [5.74, 6) is -0.00823. The Hall–Kier alpha value is -2.67. The number of halogens is 1. The number of carbonyl (C=O) groups excluding carboxylic acids is 2. The zero-order valence-electron chi connectivity index (χ0n) is 14.9. The summed E-state index contributed by atoms with van der Waals surface area (Å²) in [7, 11) is 0. The molecule has 2 amide bonds. The zero-order chi connectivity index (χ0) is 19.2. The Balaban J connectivity index is 1.58. The van der Waals surface area contributed by atoms with E-state index in [2.05, 4.69) is 26.5 Å². The van der Waals surface area contributed by atoms with E-state index < -0.39 is 5.92 Å². The molecule has 1 heterocycles. The Morgan fingerprint density at radius 1 is 1.33 bits per heavy atom. The number of rotatable bonds is 6. The van der Waals surface area contributed by atoms with E-state index in [-0.39, 0.29) is 18.2 Å². The van der Waals surface area contributed by atoms with Crippen LogP contribution in [0.3, 0.4) is 0 Å². The van der Waals surface area contributed by atoms with Crippen LogP contribution in [-0.4, -0.2) is 31.2 Å². The van der Waals surface area contributed by atoms with Crippen LogP contribution >= 0.6 is 15.9 Å². The van der Waals surface area contributed by atoms with Gasteiger partial charge in [-0.15, -0.1) is 0 Å². The van der Waals surface area contributed by atoms with Crippen molar-refractivity contribution in [2.45, 2.75) is 13.3 Å². The molecule has 2 aromatic rings. The molecular formula is C20H20BrN3O3. The number of nitrogens with zero attached hydrogens (tertiary/aromatic N) is 2. The summed E-state index contributed by atoms with van der Waals surface area (Å²) in [6.07, 6.45) is 1.75. The molecule has 1 saturated heterocycles. The molecule has 1 atom stereocenters. The molecule has 0 aromatic heterocycles. The van der Waals surface area contributed by atoms with Gasteiger partial charge < -0.3 is 9.64 Å². The van der Waals surface area contributed by atoms with Crippen LogP contribution in [-0.2, 0) is 9.59 Å². The van der Waals surface area contributed by atoms with Crippen molar-refractivity contribution in [1.82, 2.24) is 5.43 Å².